The standard InChI is InChI=1S/C27H35N5O3/c1-18(16-22-24(28-5)35-15-14-32(22)26(34)27(2,3)4)30-23-13-12-21(17-29-23)19-8-10-20(11-9-19)25(33)31(6)7/h8-13,16-17,26,34H,5,14-15H2,1-4,6-7H3,(H,29,30)/b18-16+. The van der Waals surface area contributed by atoms with Gasteiger partial charge in [0.1, 0.15) is 24.3 Å². The van der Waals surface area contributed by atoms with Crippen LogP contribution in [0.4, 0.5) is 5.82 Å². The van der Waals surface area contributed by atoms with Gasteiger partial charge >= 0.3 is 0 Å². The molecule has 2 N–H and O–H groups in total. The second kappa shape index (κ2) is 10.7. The Labute approximate surface area is 207 Å². The molecule has 0 saturated carbocycles. The topological polar surface area (TPSA) is 90.3 Å². The molecule has 0 saturated heterocycles. The lowest BCUT2D eigenvalue weighted by Crippen LogP contribution is -2.46. The predicted molar refractivity (Wildman–Crippen MR) is 140 cm³/mol. The lowest BCUT2D eigenvalue weighted by atomic mass is 9.92. The zero-order valence-corrected chi connectivity index (χ0v) is 21.4. The number of nitrogens with one attached hydrogen (secondary N) is 1. The Morgan fingerprint density at radius 1 is 1.23 bits per heavy atom. The first kappa shape index (κ1) is 26.0. The summed E-state index contributed by atoms with van der Waals surface area (Å²) in [6.45, 7) is 12.5. The van der Waals surface area contributed by atoms with Gasteiger partial charge in [0.2, 0.25) is 5.88 Å². The highest BCUT2D eigenvalue weighted by Crippen LogP contribution is 2.30. The molecular formula is C27H35N5O3. The molecule has 0 aliphatic carbocycles. The Kier molecular flexibility index (Phi) is 7.96. The fraction of sp³-hybridized carbons (Fsp3) is 0.370. The van der Waals surface area contributed by atoms with Crippen molar-refractivity contribution in [2.24, 2.45) is 10.4 Å². The third-order valence-electron chi connectivity index (χ3n) is 5.63. The van der Waals surface area contributed by atoms with Gasteiger partial charge in [-0.25, -0.2) is 9.98 Å². The lowest BCUT2D eigenvalue weighted by molar-refractivity contribution is -0.0682. The molecule has 0 radical (unpaired) electrons. The average Bonchev–Trinajstić information content (AvgIpc) is 2.83. The van der Waals surface area contributed by atoms with E-state index in [1.54, 1.807) is 25.2 Å². The van der Waals surface area contributed by atoms with Crippen molar-refractivity contribution in [3.05, 3.63) is 71.5 Å². The van der Waals surface area contributed by atoms with E-state index in [1.807, 2.05) is 75.1 Å². The molecule has 186 valence electrons. The van der Waals surface area contributed by atoms with E-state index >= 15 is 0 Å². The predicted octanol–water partition coefficient (Wildman–Crippen LogP) is 4.33. The van der Waals surface area contributed by atoms with Crippen LogP contribution in [0.5, 0.6) is 0 Å². The van der Waals surface area contributed by atoms with E-state index in [0.717, 1.165) is 16.8 Å². The lowest BCUT2D eigenvalue weighted by Gasteiger charge is -2.40. The molecule has 1 atom stereocenters. The van der Waals surface area contributed by atoms with Crippen molar-refractivity contribution in [3.63, 3.8) is 0 Å². The van der Waals surface area contributed by atoms with Gasteiger partial charge in [-0.1, -0.05) is 32.9 Å². The van der Waals surface area contributed by atoms with Gasteiger partial charge in [0, 0.05) is 42.5 Å². The smallest absolute Gasteiger partial charge is 0.253 e. The molecule has 1 aliphatic rings. The monoisotopic (exact) mass is 477 g/mol. The quantitative estimate of drug-likeness (QED) is 0.577. The number of anilines is 1. The van der Waals surface area contributed by atoms with E-state index in [0.29, 0.717) is 36.1 Å². The molecule has 1 aromatic carbocycles. The largest absolute Gasteiger partial charge is 0.474 e. The molecule has 0 bridgehead atoms. The van der Waals surface area contributed by atoms with Gasteiger partial charge < -0.3 is 25.0 Å². The first-order chi connectivity index (χ1) is 16.5. The molecule has 1 aliphatic heterocycles. The van der Waals surface area contributed by atoms with E-state index in [1.165, 1.54) is 0 Å². The third kappa shape index (κ3) is 6.27. The van der Waals surface area contributed by atoms with Crippen LogP contribution >= 0.6 is 0 Å². The van der Waals surface area contributed by atoms with Crippen LogP contribution in [-0.4, -0.2) is 66.0 Å². The molecule has 1 amide bonds. The van der Waals surface area contributed by atoms with Gasteiger partial charge in [-0.2, -0.15) is 0 Å². The summed E-state index contributed by atoms with van der Waals surface area (Å²) in [5.41, 5.74) is 3.70. The molecule has 1 aromatic heterocycles. The molecule has 8 nitrogen and oxygen atoms in total. The minimum atomic E-state index is -0.709. The van der Waals surface area contributed by atoms with Crippen molar-refractivity contribution in [1.82, 2.24) is 14.8 Å². The van der Waals surface area contributed by atoms with Crippen molar-refractivity contribution in [2.45, 2.75) is 33.9 Å². The van der Waals surface area contributed by atoms with E-state index in [9.17, 15) is 9.90 Å². The number of aliphatic hydroxyl groups excluding tert-OH is 1. The number of hydrogen-bond acceptors (Lipinski definition) is 7. The fourth-order valence-electron chi connectivity index (χ4n) is 3.70. The number of aromatic nitrogens is 1. The SMILES string of the molecule is C=NC1=C(/C=C(\C)Nc2ccc(-c3ccc(C(=O)N(C)C)cc3)cn2)N(C(O)C(C)(C)C)CCO1. The maximum absolute atomic E-state index is 12.1. The maximum atomic E-state index is 12.1. The number of hydrogen-bond donors (Lipinski definition) is 2. The Bertz CT molecular complexity index is 1110. The zero-order valence-electron chi connectivity index (χ0n) is 21.4. The van der Waals surface area contributed by atoms with Crippen LogP contribution in [0.2, 0.25) is 0 Å². The molecule has 2 aromatic rings. The fourth-order valence-corrected chi connectivity index (χ4v) is 3.70. The Morgan fingerprint density at radius 3 is 2.43 bits per heavy atom. The van der Waals surface area contributed by atoms with Crippen molar-refractivity contribution < 1.29 is 14.6 Å². The number of pyridine rings is 1. The van der Waals surface area contributed by atoms with E-state index < -0.39 is 6.23 Å². The number of allylic oxidation sites excluding steroid dienone is 2. The Morgan fingerprint density at radius 2 is 1.89 bits per heavy atom. The highest BCUT2D eigenvalue weighted by molar-refractivity contribution is 5.94. The number of aliphatic imine (C=N–C) groups is 1. The summed E-state index contributed by atoms with van der Waals surface area (Å²) in [5.74, 6) is 1.04. The maximum Gasteiger partial charge on any atom is 0.253 e. The van der Waals surface area contributed by atoms with E-state index in [2.05, 4.69) is 22.0 Å². The van der Waals surface area contributed by atoms with Crippen LogP contribution < -0.4 is 5.32 Å². The number of ether oxygens (including phenoxy) is 1. The average molecular weight is 478 g/mol. The summed E-state index contributed by atoms with van der Waals surface area (Å²) in [6, 6.07) is 11.3. The number of amides is 1. The van der Waals surface area contributed by atoms with Gasteiger partial charge in [0.15, 0.2) is 0 Å². The Balaban J connectivity index is 1.77. The second-order valence-corrected chi connectivity index (χ2v) is 9.79. The molecule has 0 spiro atoms. The van der Waals surface area contributed by atoms with Gasteiger partial charge in [-0.3, -0.25) is 4.79 Å². The van der Waals surface area contributed by atoms with Crippen molar-refractivity contribution in [1.29, 1.82) is 0 Å². The van der Waals surface area contributed by atoms with E-state index in [-0.39, 0.29) is 11.3 Å². The highest BCUT2D eigenvalue weighted by Gasteiger charge is 2.33. The number of nitrogens with zero attached hydrogens (tertiary/aromatic N) is 4. The van der Waals surface area contributed by atoms with Crippen molar-refractivity contribution in [2.75, 3.05) is 32.6 Å². The summed E-state index contributed by atoms with van der Waals surface area (Å²) >= 11 is 0. The minimum Gasteiger partial charge on any atom is -0.474 e. The third-order valence-corrected chi connectivity index (χ3v) is 5.63. The van der Waals surface area contributed by atoms with Gasteiger partial charge in [0.05, 0.1) is 6.54 Å². The first-order valence-corrected chi connectivity index (χ1v) is 11.5. The zero-order chi connectivity index (χ0) is 25.8. The van der Waals surface area contributed by atoms with Crippen LogP contribution in [-0.2, 0) is 4.74 Å². The van der Waals surface area contributed by atoms with Gasteiger partial charge in [-0.05, 0) is 49.5 Å². The van der Waals surface area contributed by atoms with Crippen molar-refractivity contribution >= 4 is 18.4 Å². The molecule has 8 heteroatoms. The number of carbonyl (C=O) groups excluding carboxylic acids is 1. The number of benzene rings is 1. The van der Waals surface area contributed by atoms with Crippen LogP contribution in [0.15, 0.2) is 70.9 Å². The van der Waals surface area contributed by atoms with Crippen LogP contribution in [0, 0.1) is 5.41 Å². The summed E-state index contributed by atoms with van der Waals surface area (Å²) in [4.78, 5) is 24.1. The van der Waals surface area contributed by atoms with Crippen LogP contribution in [0.25, 0.3) is 11.1 Å². The van der Waals surface area contributed by atoms with Crippen LogP contribution in [0.1, 0.15) is 38.1 Å². The summed E-state index contributed by atoms with van der Waals surface area (Å²) in [5, 5.41) is 14.2. The molecule has 3 rings (SSSR count). The molecule has 0 fully saturated rings. The summed E-state index contributed by atoms with van der Waals surface area (Å²) in [6.07, 6.45) is 2.96. The number of aliphatic hydroxyl groups is 1. The van der Waals surface area contributed by atoms with Crippen molar-refractivity contribution in [3.8, 4) is 11.1 Å². The molecule has 35 heavy (non-hydrogen) atoms. The molecule has 1 unspecified atom stereocenters. The summed E-state index contributed by atoms with van der Waals surface area (Å²) in [7, 11) is 3.47. The normalized spacial score (nSPS) is 15.4. The van der Waals surface area contributed by atoms with Gasteiger partial charge in [0.25, 0.3) is 5.91 Å². The highest BCUT2D eigenvalue weighted by atomic mass is 16.5. The summed E-state index contributed by atoms with van der Waals surface area (Å²) < 4.78 is 5.67. The molecule has 2 heterocycles. The second-order valence-electron chi connectivity index (χ2n) is 9.79. The van der Waals surface area contributed by atoms with Gasteiger partial charge in [-0.15, -0.1) is 0 Å². The number of carbonyl (C=O) groups is 1. The first-order valence-electron chi connectivity index (χ1n) is 11.5. The molecular weight excluding hydrogens is 442 g/mol. The van der Waals surface area contributed by atoms with Crippen LogP contribution in [0.3, 0.4) is 0 Å². The number of rotatable bonds is 7. The van der Waals surface area contributed by atoms with E-state index in [4.69, 9.17) is 4.74 Å². The minimum absolute atomic E-state index is 0.0293. The Hall–Kier alpha value is -3.65.